The van der Waals surface area contributed by atoms with Gasteiger partial charge in [0, 0.05) is 17.8 Å². The van der Waals surface area contributed by atoms with E-state index >= 15 is 0 Å². The van der Waals surface area contributed by atoms with Crippen molar-refractivity contribution in [2.24, 2.45) is 5.92 Å². The maximum atomic E-state index is 12.1. The van der Waals surface area contributed by atoms with Crippen LogP contribution in [0, 0.1) is 5.92 Å². The first-order valence-electron chi connectivity index (χ1n) is 8.45. The van der Waals surface area contributed by atoms with Crippen molar-refractivity contribution >= 4 is 17.7 Å². The van der Waals surface area contributed by atoms with Gasteiger partial charge in [0.1, 0.15) is 5.75 Å². The molecule has 0 saturated heterocycles. The topological polar surface area (TPSA) is 56.8 Å². The summed E-state index contributed by atoms with van der Waals surface area (Å²) in [5, 5.41) is 2.80. The Balaban J connectivity index is 2.03. The first-order valence-corrected chi connectivity index (χ1v) is 8.45. The fourth-order valence-corrected chi connectivity index (χ4v) is 2.22. The SMILES string of the molecule is COc1cccc(NC(=O)/C=C/c2ccc(OCC(C)C)c(OC)c2)c1. The highest BCUT2D eigenvalue weighted by atomic mass is 16.5. The second-order valence-electron chi connectivity index (χ2n) is 6.17. The van der Waals surface area contributed by atoms with Crippen LogP contribution >= 0.6 is 0 Å². The molecule has 5 heteroatoms. The van der Waals surface area contributed by atoms with Crippen molar-refractivity contribution in [2.75, 3.05) is 26.1 Å². The summed E-state index contributed by atoms with van der Waals surface area (Å²) in [5.41, 5.74) is 1.52. The maximum Gasteiger partial charge on any atom is 0.248 e. The minimum absolute atomic E-state index is 0.225. The Morgan fingerprint density at radius 1 is 1.08 bits per heavy atom. The molecule has 0 heterocycles. The first-order chi connectivity index (χ1) is 12.5. The average molecular weight is 355 g/mol. The van der Waals surface area contributed by atoms with Gasteiger partial charge in [-0.1, -0.05) is 26.0 Å². The molecule has 26 heavy (non-hydrogen) atoms. The van der Waals surface area contributed by atoms with Crippen molar-refractivity contribution in [3.8, 4) is 17.2 Å². The largest absolute Gasteiger partial charge is 0.497 e. The van der Waals surface area contributed by atoms with Crippen LogP contribution in [-0.2, 0) is 4.79 Å². The Labute approximate surface area is 154 Å². The van der Waals surface area contributed by atoms with Crippen LogP contribution in [0.3, 0.4) is 0 Å². The third kappa shape index (κ3) is 5.84. The van der Waals surface area contributed by atoms with E-state index < -0.39 is 0 Å². The van der Waals surface area contributed by atoms with Gasteiger partial charge < -0.3 is 19.5 Å². The molecule has 1 amide bonds. The lowest BCUT2D eigenvalue weighted by Gasteiger charge is -2.12. The van der Waals surface area contributed by atoms with Crippen molar-refractivity contribution in [1.82, 2.24) is 0 Å². The van der Waals surface area contributed by atoms with Crippen LogP contribution in [0.5, 0.6) is 17.2 Å². The van der Waals surface area contributed by atoms with Gasteiger partial charge >= 0.3 is 0 Å². The molecule has 138 valence electrons. The van der Waals surface area contributed by atoms with Crippen LogP contribution in [-0.4, -0.2) is 26.7 Å². The molecule has 0 spiro atoms. The monoisotopic (exact) mass is 355 g/mol. The predicted molar refractivity (Wildman–Crippen MR) is 104 cm³/mol. The van der Waals surface area contributed by atoms with E-state index in [1.54, 1.807) is 32.4 Å². The molecule has 5 nitrogen and oxygen atoms in total. The van der Waals surface area contributed by atoms with Gasteiger partial charge in [0.25, 0.3) is 0 Å². The van der Waals surface area contributed by atoms with Gasteiger partial charge in [-0.05, 0) is 41.8 Å². The van der Waals surface area contributed by atoms with Gasteiger partial charge in [0.2, 0.25) is 5.91 Å². The van der Waals surface area contributed by atoms with E-state index in [1.165, 1.54) is 6.08 Å². The number of nitrogens with one attached hydrogen (secondary N) is 1. The molecular weight excluding hydrogens is 330 g/mol. The van der Waals surface area contributed by atoms with E-state index in [1.807, 2.05) is 30.3 Å². The van der Waals surface area contributed by atoms with Crippen molar-refractivity contribution < 1.29 is 19.0 Å². The highest BCUT2D eigenvalue weighted by Crippen LogP contribution is 2.29. The van der Waals surface area contributed by atoms with Crippen LogP contribution in [0.2, 0.25) is 0 Å². The first kappa shape index (κ1) is 19.4. The summed E-state index contributed by atoms with van der Waals surface area (Å²) in [5.74, 6) is 2.23. The third-order valence-corrected chi connectivity index (χ3v) is 3.52. The zero-order valence-electron chi connectivity index (χ0n) is 15.6. The van der Waals surface area contributed by atoms with Gasteiger partial charge in [-0.25, -0.2) is 0 Å². The Hall–Kier alpha value is -2.95. The summed E-state index contributed by atoms with van der Waals surface area (Å²) in [7, 11) is 3.18. The smallest absolute Gasteiger partial charge is 0.248 e. The average Bonchev–Trinajstić information content (AvgIpc) is 2.65. The molecule has 0 aromatic heterocycles. The normalized spacial score (nSPS) is 10.8. The Morgan fingerprint density at radius 3 is 2.58 bits per heavy atom. The highest BCUT2D eigenvalue weighted by molar-refractivity contribution is 6.02. The molecule has 0 bridgehead atoms. The van der Waals surface area contributed by atoms with Gasteiger partial charge in [-0.15, -0.1) is 0 Å². The molecule has 0 unspecified atom stereocenters. The highest BCUT2D eigenvalue weighted by Gasteiger charge is 2.06. The third-order valence-electron chi connectivity index (χ3n) is 3.52. The fourth-order valence-electron chi connectivity index (χ4n) is 2.22. The fraction of sp³-hybridized carbons (Fsp3) is 0.286. The molecule has 2 aromatic rings. The lowest BCUT2D eigenvalue weighted by molar-refractivity contribution is -0.111. The second-order valence-corrected chi connectivity index (χ2v) is 6.17. The van der Waals surface area contributed by atoms with Crippen LogP contribution in [0.4, 0.5) is 5.69 Å². The summed E-state index contributed by atoms with van der Waals surface area (Å²) in [6.45, 7) is 4.80. The summed E-state index contributed by atoms with van der Waals surface area (Å²) >= 11 is 0. The molecule has 0 aliphatic rings. The van der Waals surface area contributed by atoms with Crippen molar-refractivity contribution in [1.29, 1.82) is 0 Å². The zero-order chi connectivity index (χ0) is 18.9. The molecule has 2 rings (SSSR count). The number of ether oxygens (including phenoxy) is 3. The van der Waals surface area contributed by atoms with Crippen molar-refractivity contribution in [3.05, 3.63) is 54.1 Å². The van der Waals surface area contributed by atoms with E-state index in [0.717, 1.165) is 5.56 Å². The van der Waals surface area contributed by atoms with Crippen molar-refractivity contribution in [3.63, 3.8) is 0 Å². The number of benzene rings is 2. The molecule has 0 fully saturated rings. The number of carbonyl (C=O) groups is 1. The summed E-state index contributed by atoms with van der Waals surface area (Å²) < 4.78 is 16.2. The molecule has 1 N–H and O–H groups in total. The standard InChI is InChI=1S/C21H25NO4/c1-15(2)14-26-19-10-8-16(12-20(19)25-4)9-11-21(23)22-17-6-5-7-18(13-17)24-3/h5-13,15H,14H2,1-4H3,(H,22,23)/b11-9+. The zero-order valence-corrected chi connectivity index (χ0v) is 15.6. The predicted octanol–water partition coefficient (Wildman–Crippen LogP) is 4.39. The van der Waals surface area contributed by atoms with Crippen LogP contribution in [0.1, 0.15) is 19.4 Å². The van der Waals surface area contributed by atoms with Gasteiger partial charge in [0.05, 0.1) is 20.8 Å². The molecular formula is C21H25NO4. The van der Waals surface area contributed by atoms with E-state index in [9.17, 15) is 4.79 Å². The van der Waals surface area contributed by atoms with Gasteiger partial charge in [0.15, 0.2) is 11.5 Å². The number of rotatable bonds is 8. The van der Waals surface area contributed by atoms with Crippen LogP contribution < -0.4 is 19.5 Å². The minimum atomic E-state index is -0.225. The summed E-state index contributed by atoms with van der Waals surface area (Å²) in [6.07, 6.45) is 3.20. The lowest BCUT2D eigenvalue weighted by atomic mass is 10.2. The van der Waals surface area contributed by atoms with E-state index in [4.69, 9.17) is 14.2 Å². The quantitative estimate of drug-likeness (QED) is 0.714. The van der Waals surface area contributed by atoms with Crippen molar-refractivity contribution in [2.45, 2.75) is 13.8 Å². The molecule has 0 saturated carbocycles. The van der Waals surface area contributed by atoms with Crippen LogP contribution in [0.15, 0.2) is 48.5 Å². The molecule has 0 aliphatic heterocycles. The Morgan fingerprint density at radius 2 is 1.88 bits per heavy atom. The van der Waals surface area contributed by atoms with Crippen LogP contribution in [0.25, 0.3) is 6.08 Å². The molecule has 0 radical (unpaired) electrons. The van der Waals surface area contributed by atoms with Gasteiger partial charge in [-0.3, -0.25) is 4.79 Å². The summed E-state index contributed by atoms with van der Waals surface area (Å²) in [6, 6.07) is 12.8. The number of methoxy groups -OCH3 is 2. The molecule has 0 aliphatic carbocycles. The maximum absolute atomic E-state index is 12.1. The summed E-state index contributed by atoms with van der Waals surface area (Å²) in [4.78, 5) is 12.1. The molecule has 2 aromatic carbocycles. The Bertz CT molecular complexity index is 768. The second kappa shape index (κ2) is 9.51. The lowest BCUT2D eigenvalue weighted by Crippen LogP contribution is -2.07. The molecule has 0 atom stereocenters. The number of amides is 1. The van der Waals surface area contributed by atoms with Gasteiger partial charge in [-0.2, -0.15) is 0 Å². The number of anilines is 1. The minimum Gasteiger partial charge on any atom is -0.497 e. The van der Waals surface area contributed by atoms with E-state index in [2.05, 4.69) is 19.2 Å². The Kier molecular flexibility index (Phi) is 7.09. The number of hydrogen-bond acceptors (Lipinski definition) is 4. The number of carbonyl (C=O) groups excluding carboxylic acids is 1. The van der Waals surface area contributed by atoms with E-state index in [0.29, 0.717) is 35.5 Å². The van der Waals surface area contributed by atoms with E-state index in [-0.39, 0.29) is 5.91 Å². The number of hydrogen-bond donors (Lipinski definition) is 1.